The number of oxazole rings is 1. The number of piperidine rings is 1. The fourth-order valence-corrected chi connectivity index (χ4v) is 2.54. The van der Waals surface area contributed by atoms with E-state index in [-0.39, 0.29) is 5.82 Å². The summed E-state index contributed by atoms with van der Waals surface area (Å²) < 4.78 is 18.4. The molecule has 2 N–H and O–H groups in total. The van der Waals surface area contributed by atoms with Crippen LogP contribution in [0.4, 0.5) is 4.39 Å². The van der Waals surface area contributed by atoms with Crippen LogP contribution in [0, 0.1) is 5.82 Å². The maximum Gasteiger partial charge on any atom is 0.181 e. The summed E-state index contributed by atoms with van der Waals surface area (Å²) >= 11 is 0. The van der Waals surface area contributed by atoms with Crippen molar-refractivity contribution >= 4 is 0 Å². The average Bonchev–Trinajstić information content (AvgIpc) is 2.90. The molecule has 1 aliphatic heterocycles. The van der Waals surface area contributed by atoms with E-state index in [1.165, 1.54) is 18.5 Å². The second kappa shape index (κ2) is 5.73. The van der Waals surface area contributed by atoms with Gasteiger partial charge in [0.15, 0.2) is 12.2 Å². The van der Waals surface area contributed by atoms with E-state index in [1.807, 2.05) is 0 Å². The van der Waals surface area contributed by atoms with Gasteiger partial charge in [-0.2, -0.15) is 0 Å². The van der Waals surface area contributed by atoms with Crippen LogP contribution in [0.1, 0.15) is 18.5 Å². The lowest BCUT2D eigenvalue weighted by Gasteiger charge is -2.29. The molecule has 0 unspecified atom stereocenters. The first-order valence-electron chi connectivity index (χ1n) is 6.88. The van der Waals surface area contributed by atoms with E-state index in [0.29, 0.717) is 6.04 Å². The van der Waals surface area contributed by atoms with Crippen molar-refractivity contribution in [2.45, 2.75) is 25.4 Å². The minimum Gasteiger partial charge on any atom is -0.443 e. The molecule has 0 bridgehead atoms. The number of nitrogens with two attached hydrogens (primary N) is 1. The van der Waals surface area contributed by atoms with Gasteiger partial charge in [-0.1, -0.05) is 0 Å². The van der Waals surface area contributed by atoms with Gasteiger partial charge in [-0.25, -0.2) is 9.37 Å². The second-order valence-corrected chi connectivity index (χ2v) is 5.25. The van der Waals surface area contributed by atoms with E-state index < -0.39 is 0 Å². The van der Waals surface area contributed by atoms with Crippen molar-refractivity contribution in [3.8, 4) is 11.3 Å². The standard InChI is InChI=1S/C15H18FN3O/c16-12-3-1-11(2-4-12)15-14(18-10-20-15)9-19-7-5-13(17)6-8-19/h1-4,10,13H,5-9,17H2. The Labute approximate surface area is 117 Å². The van der Waals surface area contributed by atoms with Crippen LogP contribution >= 0.6 is 0 Å². The zero-order valence-electron chi connectivity index (χ0n) is 11.3. The fourth-order valence-electron chi connectivity index (χ4n) is 2.54. The van der Waals surface area contributed by atoms with Gasteiger partial charge in [0.1, 0.15) is 11.5 Å². The van der Waals surface area contributed by atoms with Crippen LogP contribution in [-0.4, -0.2) is 29.0 Å². The maximum atomic E-state index is 13.0. The lowest BCUT2D eigenvalue weighted by molar-refractivity contribution is 0.204. The summed E-state index contributed by atoms with van der Waals surface area (Å²) in [6, 6.07) is 6.61. The lowest BCUT2D eigenvalue weighted by Crippen LogP contribution is -2.39. The topological polar surface area (TPSA) is 55.3 Å². The van der Waals surface area contributed by atoms with E-state index >= 15 is 0 Å². The highest BCUT2D eigenvalue weighted by Gasteiger charge is 2.19. The van der Waals surface area contributed by atoms with Crippen LogP contribution in [0.2, 0.25) is 0 Å². The van der Waals surface area contributed by atoms with E-state index in [0.717, 1.165) is 49.5 Å². The van der Waals surface area contributed by atoms with Crippen LogP contribution in [0.3, 0.4) is 0 Å². The quantitative estimate of drug-likeness (QED) is 0.934. The number of benzene rings is 1. The van der Waals surface area contributed by atoms with Crippen molar-refractivity contribution in [2.24, 2.45) is 5.73 Å². The average molecular weight is 275 g/mol. The zero-order valence-corrected chi connectivity index (χ0v) is 11.3. The minimum absolute atomic E-state index is 0.250. The molecule has 0 amide bonds. The predicted molar refractivity (Wildman–Crippen MR) is 74.4 cm³/mol. The highest BCUT2D eigenvalue weighted by atomic mass is 19.1. The Morgan fingerprint density at radius 3 is 2.65 bits per heavy atom. The smallest absolute Gasteiger partial charge is 0.181 e. The summed E-state index contributed by atoms with van der Waals surface area (Å²) in [4.78, 5) is 6.62. The summed E-state index contributed by atoms with van der Waals surface area (Å²) in [5, 5.41) is 0. The molecular weight excluding hydrogens is 257 g/mol. The molecule has 1 aliphatic rings. The summed E-state index contributed by atoms with van der Waals surface area (Å²) in [6.07, 6.45) is 3.48. The van der Waals surface area contributed by atoms with Crippen molar-refractivity contribution < 1.29 is 8.81 Å². The molecule has 0 aliphatic carbocycles. The van der Waals surface area contributed by atoms with Gasteiger partial charge in [-0.15, -0.1) is 0 Å². The molecule has 5 heteroatoms. The van der Waals surface area contributed by atoms with Crippen LogP contribution < -0.4 is 5.73 Å². The minimum atomic E-state index is -0.250. The summed E-state index contributed by atoms with van der Waals surface area (Å²) in [5.74, 6) is 0.472. The number of likely N-dealkylation sites (tertiary alicyclic amines) is 1. The Hall–Kier alpha value is -1.72. The third-order valence-corrected chi connectivity index (χ3v) is 3.75. The van der Waals surface area contributed by atoms with Gasteiger partial charge < -0.3 is 10.2 Å². The van der Waals surface area contributed by atoms with Gasteiger partial charge in [0.25, 0.3) is 0 Å². The third-order valence-electron chi connectivity index (χ3n) is 3.75. The van der Waals surface area contributed by atoms with Gasteiger partial charge >= 0.3 is 0 Å². The maximum absolute atomic E-state index is 13.0. The molecule has 3 rings (SSSR count). The zero-order chi connectivity index (χ0) is 13.9. The number of nitrogens with zero attached hydrogens (tertiary/aromatic N) is 2. The van der Waals surface area contributed by atoms with Gasteiger partial charge in [0, 0.05) is 31.2 Å². The van der Waals surface area contributed by atoms with Crippen molar-refractivity contribution in [1.29, 1.82) is 0 Å². The number of hydrogen-bond donors (Lipinski definition) is 1. The molecule has 2 heterocycles. The summed E-state index contributed by atoms with van der Waals surface area (Å²) in [5.41, 5.74) is 7.66. The third kappa shape index (κ3) is 2.89. The second-order valence-electron chi connectivity index (χ2n) is 5.25. The Morgan fingerprint density at radius 2 is 1.95 bits per heavy atom. The largest absolute Gasteiger partial charge is 0.443 e. The Morgan fingerprint density at radius 1 is 1.25 bits per heavy atom. The lowest BCUT2D eigenvalue weighted by atomic mass is 10.1. The molecule has 0 atom stereocenters. The van der Waals surface area contributed by atoms with Gasteiger partial charge in [0.2, 0.25) is 0 Å². The van der Waals surface area contributed by atoms with Crippen LogP contribution in [-0.2, 0) is 6.54 Å². The monoisotopic (exact) mass is 275 g/mol. The molecule has 4 nitrogen and oxygen atoms in total. The van der Waals surface area contributed by atoms with Crippen molar-refractivity contribution in [2.75, 3.05) is 13.1 Å². The van der Waals surface area contributed by atoms with Crippen molar-refractivity contribution in [3.05, 3.63) is 42.2 Å². The Balaban J connectivity index is 1.75. The van der Waals surface area contributed by atoms with E-state index in [2.05, 4.69) is 9.88 Å². The molecule has 20 heavy (non-hydrogen) atoms. The van der Waals surface area contributed by atoms with E-state index in [9.17, 15) is 4.39 Å². The normalized spacial score (nSPS) is 17.5. The SMILES string of the molecule is NC1CCN(Cc2ncoc2-c2ccc(F)cc2)CC1. The molecule has 1 aromatic carbocycles. The van der Waals surface area contributed by atoms with Gasteiger partial charge in [-0.3, -0.25) is 4.90 Å². The first kappa shape index (κ1) is 13.3. The Bertz CT molecular complexity index is 559. The van der Waals surface area contributed by atoms with Crippen LogP contribution in [0.5, 0.6) is 0 Å². The molecule has 0 saturated carbocycles. The fraction of sp³-hybridized carbons (Fsp3) is 0.400. The molecule has 1 aromatic heterocycles. The van der Waals surface area contributed by atoms with Crippen LogP contribution in [0.15, 0.2) is 35.1 Å². The number of hydrogen-bond acceptors (Lipinski definition) is 4. The number of rotatable bonds is 3. The molecule has 1 saturated heterocycles. The molecule has 2 aromatic rings. The van der Waals surface area contributed by atoms with E-state index in [4.69, 9.17) is 10.2 Å². The highest BCUT2D eigenvalue weighted by Crippen LogP contribution is 2.25. The van der Waals surface area contributed by atoms with Crippen LogP contribution in [0.25, 0.3) is 11.3 Å². The molecule has 106 valence electrons. The first-order valence-corrected chi connectivity index (χ1v) is 6.88. The van der Waals surface area contributed by atoms with Crippen molar-refractivity contribution in [3.63, 3.8) is 0 Å². The number of aromatic nitrogens is 1. The Kier molecular flexibility index (Phi) is 3.80. The number of halogens is 1. The molecule has 0 spiro atoms. The highest BCUT2D eigenvalue weighted by molar-refractivity contribution is 5.59. The first-order chi connectivity index (χ1) is 9.72. The van der Waals surface area contributed by atoms with Gasteiger partial charge in [0.05, 0.1) is 0 Å². The molecule has 1 fully saturated rings. The van der Waals surface area contributed by atoms with Crippen molar-refractivity contribution in [1.82, 2.24) is 9.88 Å². The predicted octanol–water partition coefficient (Wildman–Crippen LogP) is 2.40. The molecular formula is C15H18FN3O. The summed E-state index contributed by atoms with van der Waals surface area (Å²) in [6.45, 7) is 2.71. The summed E-state index contributed by atoms with van der Waals surface area (Å²) in [7, 11) is 0. The van der Waals surface area contributed by atoms with E-state index in [1.54, 1.807) is 12.1 Å². The molecule has 0 radical (unpaired) electrons. The van der Waals surface area contributed by atoms with Gasteiger partial charge in [-0.05, 0) is 37.1 Å².